The normalized spacial score (nSPS) is 17.0. The predicted molar refractivity (Wildman–Crippen MR) is 150 cm³/mol. The molecule has 1 N–H and O–H groups in total. The molecule has 1 atom stereocenters. The fourth-order valence-electron chi connectivity index (χ4n) is 4.73. The second-order valence-electron chi connectivity index (χ2n) is 9.86. The molecule has 4 aromatic rings. The number of anilines is 1. The van der Waals surface area contributed by atoms with E-state index in [0.717, 1.165) is 12.0 Å². The van der Waals surface area contributed by atoms with Gasteiger partial charge in [0.2, 0.25) is 0 Å². The third-order valence-corrected chi connectivity index (χ3v) is 7.61. The Labute approximate surface area is 230 Å². The first-order valence-electron chi connectivity index (χ1n) is 12.7. The number of rotatable bonds is 8. The average molecular weight is 547 g/mol. The summed E-state index contributed by atoms with van der Waals surface area (Å²) in [6.45, 7) is 8.50. The van der Waals surface area contributed by atoms with Crippen molar-refractivity contribution in [2.24, 2.45) is 5.92 Å². The number of imidazole rings is 1. The molecule has 1 aliphatic heterocycles. The molecule has 202 valence electrons. The summed E-state index contributed by atoms with van der Waals surface area (Å²) in [6.07, 6.45) is 4.29. The number of thiazole rings is 1. The lowest BCUT2D eigenvalue weighted by Gasteiger charge is -2.23. The number of benzene rings is 1. The van der Waals surface area contributed by atoms with Crippen molar-refractivity contribution in [2.45, 2.75) is 40.2 Å². The van der Waals surface area contributed by atoms with Crippen LogP contribution in [0.3, 0.4) is 0 Å². The highest BCUT2D eigenvalue weighted by molar-refractivity contribution is 7.14. The number of amides is 1. The Morgan fingerprint density at radius 3 is 2.64 bits per heavy atom. The summed E-state index contributed by atoms with van der Waals surface area (Å²) in [5.74, 6) is -0.419. The van der Waals surface area contributed by atoms with E-state index in [1.807, 2.05) is 36.6 Å². The molecule has 0 saturated carbocycles. The number of carbonyl (C=O) groups is 2. The van der Waals surface area contributed by atoms with Crippen LogP contribution in [0.2, 0.25) is 0 Å². The maximum atomic E-state index is 13.5. The Balaban J connectivity index is 1.67. The molecule has 1 aromatic carbocycles. The zero-order valence-electron chi connectivity index (χ0n) is 22.5. The third kappa shape index (κ3) is 4.65. The molecule has 39 heavy (non-hydrogen) atoms. The van der Waals surface area contributed by atoms with E-state index in [1.165, 1.54) is 23.3 Å². The van der Waals surface area contributed by atoms with Crippen LogP contribution in [0.1, 0.15) is 48.8 Å². The molecule has 4 heterocycles. The second kappa shape index (κ2) is 10.5. The van der Waals surface area contributed by atoms with Crippen LogP contribution in [0.15, 0.2) is 53.7 Å². The van der Waals surface area contributed by atoms with Gasteiger partial charge in [0.1, 0.15) is 11.3 Å². The van der Waals surface area contributed by atoms with Crippen molar-refractivity contribution < 1.29 is 24.2 Å². The lowest BCUT2D eigenvalue weighted by atomic mass is 9.96. The highest BCUT2D eigenvalue weighted by Gasteiger charge is 2.48. The smallest absolute Gasteiger partial charge is 0.301 e. The van der Waals surface area contributed by atoms with Crippen LogP contribution in [0, 0.1) is 19.8 Å². The number of methoxy groups -OCH3 is 1. The van der Waals surface area contributed by atoms with Gasteiger partial charge in [0.25, 0.3) is 5.78 Å². The second-order valence-corrected chi connectivity index (χ2v) is 10.7. The Hall–Kier alpha value is -4.18. The minimum absolute atomic E-state index is 0.0603. The van der Waals surface area contributed by atoms with Gasteiger partial charge in [0.15, 0.2) is 22.4 Å². The maximum absolute atomic E-state index is 13.5. The van der Waals surface area contributed by atoms with Gasteiger partial charge in [-0.3, -0.25) is 14.5 Å². The largest absolute Gasteiger partial charge is 0.505 e. The minimum Gasteiger partial charge on any atom is -0.505 e. The van der Waals surface area contributed by atoms with Crippen LogP contribution >= 0.6 is 11.3 Å². The number of aromatic nitrogens is 3. The number of fused-ring (bicyclic) bond motifs is 1. The number of Topliss-reactive ketones (excluding diaryl/α,β-unsaturated/α-hetero) is 1. The number of carbonyl (C=O) groups excluding carboxylic acids is 2. The molecule has 9 nitrogen and oxygen atoms in total. The summed E-state index contributed by atoms with van der Waals surface area (Å²) >= 11 is 1.23. The topological polar surface area (TPSA) is 106 Å². The fourth-order valence-corrected chi connectivity index (χ4v) is 5.40. The van der Waals surface area contributed by atoms with Crippen molar-refractivity contribution in [3.63, 3.8) is 0 Å². The first-order valence-corrected chi connectivity index (χ1v) is 13.6. The molecule has 5 rings (SSSR count). The standard InChI is InChI=1S/C29H30N4O5S/c1-16(2)10-13-38-20-9-8-19(15-21(20)37-5)24-22(26(35)28(36)33(24)29-30-11-14-39-29)25(34)23-18(4)32-12-6-7-17(3)27(32)31-23/h6-9,11-12,14-16,24,34H,10,13H2,1-5H3. The highest BCUT2D eigenvalue weighted by atomic mass is 32.1. The van der Waals surface area contributed by atoms with Crippen LogP contribution in [-0.4, -0.2) is 44.9 Å². The summed E-state index contributed by atoms with van der Waals surface area (Å²) in [5.41, 5.74) is 2.97. The number of aliphatic hydroxyl groups is 1. The van der Waals surface area contributed by atoms with Gasteiger partial charge < -0.3 is 19.0 Å². The monoisotopic (exact) mass is 546 g/mol. The van der Waals surface area contributed by atoms with Crippen molar-refractivity contribution in [3.8, 4) is 11.5 Å². The molecule has 1 saturated heterocycles. The van der Waals surface area contributed by atoms with Gasteiger partial charge >= 0.3 is 5.91 Å². The lowest BCUT2D eigenvalue weighted by Crippen LogP contribution is -2.29. The van der Waals surface area contributed by atoms with E-state index >= 15 is 0 Å². The Morgan fingerprint density at radius 1 is 1.18 bits per heavy atom. The number of aliphatic hydroxyl groups excluding tert-OH is 1. The quantitative estimate of drug-likeness (QED) is 0.178. The average Bonchev–Trinajstić information content (AvgIpc) is 3.62. The molecule has 0 bridgehead atoms. The molecule has 1 fully saturated rings. The van der Waals surface area contributed by atoms with E-state index in [4.69, 9.17) is 9.47 Å². The Bertz CT molecular complexity index is 1590. The Kier molecular flexibility index (Phi) is 7.14. The summed E-state index contributed by atoms with van der Waals surface area (Å²) in [4.78, 5) is 37.2. The fraction of sp³-hybridized carbons (Fsp3) is 0.310. The summed E-state index contributed by atoms with van der Waals surface area (Å²) in [6, 6.07) is 8.13. The van der Waals surface area contributed by atoms with E-state index in [9.17, 15) is 14.7 Å². The van der Waals surface area contributed by atoms with Crippen molar-refractivity contribution in [1.82, 2.24) is 14.4 Å². The van der Waals surface area contributed by atoms with E-state index in [-0.39, 0.29) is 17.0 Å². The van der Waals surface area contributed by atoms with Gasteiger partial charge in [0.05, 0.1) is 31.0 Å². The molecule has 3 aromatic heterocycles. The molecule has 1 aliphatic rings. The zero-order valence-corrected chi connectivity index (χ0v) is 23.3. The maximum Gasteiger partial charge on any atom is 0.301 e. The molecular formula is C29H30N4O5S. The van der Waals surface area contributed by atoms with Gasteiger partial charge in [-0.15, -0.1) is 11.3 Å². The van der Waals surface area contributed by atoms with Gasteiger partial charge in [-0.05, 0) is 55.5 Å². The van der Waals surface area contributed by atoms with E-state index < -0.39 is 17.7 Å². The molecule has 0 spiro atoms. The van der Waals surface area contributed by atoms with Crippen LogP contribution < -0.4 is 14.4 Å². The molecule has 10 heteroatoms. The van der Waals surface area contributed by atoms with E-state index in [2.05, 4.69) is 23.8 Å². The van der Waals surface area contributed by atoms with Crippen LogP contribution in [-0.2, 0) is 9.59 Å². The van der Waals surface area contributed by atoms with Crippen LogP contribution in [0.5, 0.6) is 11.5 Å². The van der Waals surface area contributed by atoms with Gasteiger partial charge in [-0.1, -0.05) is 26.0 Å². The summed E-state index contributed by atoms with van der Waals surface area (Å²) < 4.78 is 13.4. The zero-order chi connectivity index (χ0) is 27.8. The number of nitrogens with zero attached hydrogens (tertiary/aromatic N) is 4. The Morgan fingerprint density at radius 2 is 1.97 bits per heavy atom. The molecular weight excluding hydrogens is 516 g/mol. The van der Waals surface area contributed by atoms with Gasteiger partial charge in [0, 0.05) is 17.8 Å². The van der Waals surface area contributed by atoms with Crippen LogP contribution in [0.4, 0.5) is 5.13 Å². The predicted octanol–water partition coefficient (Wildman–Crippen LogP) is 5.47. The SMILES string of the molecule is COc1cc(C2C(=C(O)c3nc4c(C)cccn4c3C)C(=O)C(=O)N2c2nccs2)ccc1OCCC(C)C. The number of ether oxygens (including phenoxy) is 2. The van der Waals surface area contributed by atoms with Gasteiger partial charge in [-0.25, -0.2) is 9.97 Å². The number of hydrogen-bond donors (Lipinski definition) is 1. The number of aryl methyl sites for hydroxylation is 2. The van der Waals surface area contributed by atoms with Crippen molar-refractivity contribution in [1.29, 1.82) is 0 Å². The molecule has 0 radical (unpaired) electrons. The number of pyridine rings is 1. The number of hydrogen-bond acceptors (Lipinski definition) is 8. The summed E-state index contributed by atoms with van der Waals surface area (Å²) in [7, 11) is 1.54. The first kappa shape index (κ1) is 26.4. The third-order valence-electron chi connectivity index (χ3n) is 6.83. The van der Waals surface area contributed by atoms with E-state index in [1.54, 1.807) is 29.8 Å². The highest BCUT2D eigenvalue weighted by Crippen LogP contribution is 2.44. The molecule has 1 amide bonds. The minimum atomic E-state index is -0.944. The first-order chi connectivity index (χ1) is 18.7. The van der Waals surface area contributed by atoms with Crippen molar-refractivity contribution in [3.05, 3.63) is 76.2 Å². The molecule has 1 unspecified atom stereocenters. The van der Waals surface area contributed by atoms with Gasteiger partial charge in [-0.2, -0.15) is 0 Å². The molecule has 0 aliphatic carbocycles. The van der Waals surface area contributed by atoms with E-state index in [0.29, 0.717) is 46.1 Å². The summed E-state index contributed by atoms with van der Waals surface area (Å²) in [5, 5.41) is 13.7. The van der Waals surface area contributed by atoms with Crippen molar-refractivity contribution in [2.75, 3.05) is 18.6 Å². The van der Waals surface area contributed by atoms with Crippen molar-refractivity contribution >= 4 is 39.6 Å². The lowest BCUT2D eigenvalue weighted by molar-refractivity contribution is -0.132. The van der Waals surface area contributed by atoms with Crippen LogP contribution in [0.25, 0.3) is 11.4 Å². The number of ketones is 1.